The van der Waals surface area contributed by atoms with Gasteiger partial charge in [-0.1, -0.05) is 18.2 Å². The van der Waals surface area contributed by atoms with Gasteiger partial charge in [-0.2, -0.15) is 0 Å². The number of rotatable bonds is 4. The summed E-state index contributed by atoms with van der Waals surface area (Å²) in [4.78, 5) is 47.3. The molecule has 174 valence electrons. The zero-order valence-electron chi connectivity index (χ0n) is 19.0. The van der Waals surface area contributed by atoms with Gasteiger partial charge in [-0.15, -0.1) is 0 Å². The van der Waals surface area contributed by atoms with Crippen molar-refractivity contribution in [2.75, 3.05) is 62.2 Å². The summed E-state index contributed by atoms with van der Waals surface area (Å²) in [5.41, 5.74) is 0.619. The standard InChI is InChI=1S/C25H27N7O2/c33-24(31-16-12-29(13-17-31)22-8-1-3-10-26-22)20-6-5-7-21(28-20)25(34)32-18-14-30(15-19-32)23-9-2-4-11-27-23/h1-11H,12-19H2. The second-order valence-corrected chi connectivity index (χ2v) is 8.34. The number of nitrogens with zero attached hydrogens (tertiary/aromatic N) is 7. The topological polar surface area (TPSA) is 85.8 Å². The summed E-state index contributed by atoms with van der Waals surface area (Å²) < 4.78 is 0. The first-order chi connectivity index (χ1) is 16.7. The smallest absolute Gasteiger partial charge is 0.272 e. The van der Waals surface area contributed by atoms with Crippen molar-refractivity contribution in [2.24, 2.45) is 0 Å². The summed E-state index contributed by atoms with van der Waals surface area (Å²) in [5.74, 6) is 1.55. The minimum absolute atomic E-state index is 0.143. The summed E-state index contributed by atoms with van der Waals surface area (Å²) in [7, 11) is 0. The second-order valence-electron chi connectivity index (χ2n) is 8.34. The fraction of sp³-hybridized carbons (Fsp3) is 0.320. The van der Waals surface area contributed by atoms with Gasteiger partial charge in [0, 0.05) is 64.8 Å². The van der Waals surface area contributed by atoms with Crippen molar-refractivity contribution in [2.45, 2.75) is 0 Å². The van der Waals surface area contributed by atoms with E-state index in [-0.39, 0.29) is 11.8 Å². The van der Waals surface area contributed by atoms with Gasteiger partial charge in [0.05, 0.1) is 0 Å². The first-order valence-corrected chi connectivity index (χ1v) is 11.6. The van der Waals surface area contributed by atoms with Gasteiger partial charge in [-0.05, 0) is 36.4 Å². The van der Waals surface area contributed by atoms with Crippen LogP contribution in [0.15, 0.2) is 67.0 Å². The Morgan fingerprint density at radius 2 is 1.00 bits per heavy atom. The molecule has 2 saturated heterocycles. The van der Waals surface area contributed by atoms with E-state index in [1.165, 1.54) is 0 Å². The molecule has 0 spiro atoms. The SMILES string of the molecule is O=C(c1cccc(C(=O)N2CCN(c3ccccn3)CC2)n1)N1CCN(c2ccccn2)CC1. The van der Waals surface area contributed by atoms with Crippen LogP contribution in [0.3, 0.4) is 0 Å². The first kappa shape index (κ1) is 21.8. The van der Waals surface area contributed by atoms with Crippen LogP contribution in [0.5, 0.6) is 0 Å². The Balaban J connectivity index is 1.19. The van der Waals surface area contributed by atoms with Crippen molar-refractivity contribution in [3.63, 3.8) is 0 Å². The van der Waals surface area contributed by atoms with E-state index in [1.807, 2.05) is 36.4 Å². The second kappa shape index (κ2) is 9.86. The van der Waals surface area contributed by atoms with Crippen LogP contribution < -0.4 is 9.80 Å². The lowest BCUT2D eigenvalue weighted by atomic mass is 10.2. The van der Waals surface area contributed by atoms with Gasteiger partial charge >= 0.3 is 0 Å². The normalized spacial score (nSPS) is 16.5. The van der Waals surface area contributed by atoms with E-state index in [4.69, 9.17) is 0 Å². The number of amides is 2. The number of pyridine rings is 3. The molecule has 0 atom stereocenters. The van der Waals surface area contributed by atoms with E-state index in [1.54, 1.807) is 40.4 Å². The number of hydrogen-bond acceptors (Lipinski definition) is 7. The number of carbonyl (C=O) groups is 2. The molecule has 0 saturated carbocycles. The third-order valence-electron chi connectivity index (χ3n) is 6.27. The number of piperazine rings is 2. The van der Waals surface area contributed by atoms with Crippen LogP contribution in [0.2, 0.25) is 0 Å². The molecule has 34 heavy (non-hydrogen) atoms. The molecule has 5 heterocycles. The molecular weight excluding hydrogens is 430 g/mol. The monoisotopic (exact) mass is 457 g/mol. The van der Waals surface area contributed by atoms with Crippen LogP contribution in [0.25, 0.3) is 0 Å². The Bertz CT molecular complexity index is 1040. The zero-order valence-corrected chi connectivity index (χ0v) is 19.0. The van der Waals surface area contributed by atoms with E-state index in [0.717, 1.165) is 11.6 Å². The predicted octanol–water partition coefficient (Wildman–Crippen LogP) is 1.80. The fourth-order valence-electron chi connectivity index (χ4n) is 4.36. The maximum absolute atomic E-state index is 13.1. The number of hydrogen-bond donors (Lipinski definition) is 0. The average Bonchev–Trinajstić information content (AvgIpc) is 2.93. The predicted molar refractivity (Wildman–Crippen MR) is 129 cm³/mol. The van der Waals surface area contributed by atoms with Crippen LogP contribution in [-0.2, 0) is 0 Å². The number of anilines is 2. The molecule has 9 nitrogen and oxygen atoms in total. The maximum atomic E-state index is 13.1. The molecule has 0 N–H and O–H groups in total. The molecule has 0 aliphatic carbocycles. The van der Waals surface area contributed by atoms with Gasteiger partial charge < -0.3 is 19.6 Å². The van der Waals surface area contributed by atoms with Crippen LogP contribution in [0, 0.1) is 0 Å². The van der Waals surface area contributed by atoms with E-state index < -0.39 is 0 Å². The number of carbonyl (C=O) groups excluding carboxylic acids is 2. The Morgan fingerprint density at radius 1 is 0.559 bits per heavy atom. The van der Waals surface area contributed by atoms with Gasteiger partial charge in [0.15, 0.2) is 0 Å². The van der Waals surface area contributed by atoms with Gasteiger partial charge in [0.25, 0.3) is 11.8 Å². The molecule has 0 unspecified atom stereocenters. The highest BCUT2D eigenvalue weighted by molar-refractivity contribution is 5.96. The quantitative estimate of drug-likeness (QED) is 0.591. The van der Waals surface area contributed by atoms with Crippen molar-refractivity contribution in [1.82, 2.24) is 24.8 Å². The Morgan fingerprint density at radius 3 is 1.38 bits per heavy atom. The molecule has 9 heteroatoms. The van der Waals surface area contributed by atoms with Crippen LogP contribution in [0.4, 0.5) is 11.6 Å². The molecule has 2 amide bonds. The highest BCUT2D eigenvalue weighted by atomic mass is 16.2. The van der Waals surface area contributed by atoms with Crippen molar-refractivity contribution in [3.05, 3.63) is 78.4 Å². The van der Waals surface area contributed by atoms with Crippen molar-refractivity contribution in [3.8, 4) is 0 Å². The zero-order chi connectivity index (χ0) is 23.3. The van der Waals surface area contributed by atoms with Gasteiger partial charge in [0.1, 0.15) is 23.0 Å². The Kier molecular flexibility index (Phi) is 6.33. The Hall–Kier alpha value is -4.01. The summed E-state index contributed by atoms with van der Waals surface area (Å²) in [6.07, 6.45) is 3.55. The van der Waals surface area contributed by atoms with Crippen molar-refractivity contribution in [1.29, 1.82) is 0 Å². The Labute approximate surface area is 198 Å². The third-order valence-corrected chi connectivity index (χ3v) is 6.27. The molecule has 0 aromatic carbocycles. The molecule has 3 aromatic heterocycles. The molecule has 0 radical (unpaired) electrons. The summed E-state index contributed by atoms with van der Waals surface area (Å²) in [6.45, 7) is 5.19. The lowest BCUT2D eigenvalue weighted by molar-refractivity contribution is 0.0733. The van der Waals surface area contributed by atoms with E-state index in [2.05, 4.69) is 24.8 Å². The maximum Gasteiger partial charge on any atom is 0.272 e. The highest BCUT2D eigenvalue weighted by Gasteiger charge is 2.26. The lowest BCUT2D eigenvalue weighted by Gasteiger charge is -2.35. The van der Waals surface area contributed by atoms with Crippen LogP contribution >= 0.6 is 0 Å². The third kappa shape index (κ3) is 4.68. The molecule has 2 aliphatic rings. The molecule has 5 rings (SSSR count). The van der Waals surface area contributed by atoms with Gasteiger partial charge in [-0.25, -0.2) is 15.0 Å². The van der Waals surface area contributed by atoms with Crippen LogP contribution in [-0.4, -0.2) is 88.9 Å². The van der Waals surface area contributed by atoms with Gasteiger partial charge in [0.2, 0.25) is 0 Å². The largest absolute Gasteiger partial charge is 0.353 e. The molecule has 2 aliphatic heterocycles. The lowest BCUT2D eigenvalue weighted by Crippen LogP contribution is -2.50. The molecule has 2 fully saturated rings. The molecular formula is C25H27N7O2. The van der Waals surface area contributed by atoms with E-state index >= 15 is 0 Å². The molecule has 3 aromatic rings. The minimum atomic E-state index is -0.143. The summed E-state index contributed by atoms with van der Waals surface area (Å²) in [6, 6.07) is 16.8. The summed E-state index contributed by atoms with van der Waals surface area (Å²) in [5, 5.41) is 0. The minimum Gasteiger partial charge on any atom is -0.353 e. The van der Waals surface area contributed by atoms with Gasteiger partial charge in [-0.3, -0.25) is 9.59 Å². The van der Waals surface area contributed by atoms with Crippen molar-refractivity contribution >= 4 is 23.5 Å². The molecule has 0 bridgehead atoms. The van der Waals surface area contributed by atoms with Crippen molar-refractivity contribution < 1.29 is 9.59 Å². The van der Waals surface area contributed by atoms with E-state index in [0.29, 0.717) is 63.7 Å². The van der Waals surface area contributed by atoms with E-state index in [9.17, 15) is 9.59 Å². The highest BCUT2D eigenvalue weighted by Crippen LogP contribution is 2.16. The first-order valence-electron chi connectivity index (χ1n) is 11.6. The summed E-state index contributed by atoms with van der Waals surface area (Å²) >= 11 is 0. The number of aromatic nitrogens is 3. The fourth-order valence-corrected chi connectivity index (χ4v) is 4.36. The average molecular weight is 458 g/mol. The van der Waals surface area contributed by atoms with Crippen LogP contribution in [0.1, 0.15) is 21.0 Å².